The molecular weight excluding hydrogens is 398 g/mol. The molecule has 1 aromatic heterocycles. The normalized spacial score (nSPS) is 10.6. The molecule has 152 valence electrons. The van der Waals surface area contributed by atoms with E-state index in [-0.39, 0.29) is 17.1 Å². The number of rotatable bonds is 5. The zero-order chi connectivity index (χ0) is 22.0. The number of phenolic OH excluding ortho intramolecular Hbond substituents is 1. The Hall–Kier alpha value is -4.59. The smallest absolute Gasteiger partial charge is 0.269 e. The molecule has 1 N–H and O–H groups in total. The van der Waals surface area contributed by atoms with Gasteiger partial charge in [-0.1, -0.05) is 12.1 Å². The van der Waals surface area contributed by atoms with Crippen molar-refractivity contribution in [2.45, 2.75) is 0 Å². The third kappa shape index (κ3) is 4.23. The first-order valence-corrected chi connectivity index (χ1v) is 9.22. The lowest BCUT2D eigenvalue weighted by Gasteiger charge is -2.10. The van der Waals surface area contributed by atoms with Crippen molar-refractivity contribution >= 4 is 11.4 Å². The summed E-state index contributed by atoms with van der Waals surface area (Å²) in [5.41, 5.74) is 3.98. The lowest BCUT2D eigenvalue weighted by molar-refractivity contribution is -0.385. The number of benzene rings is 3. The van der Waals surface area contributed by atoms with Crippen LogP contribution in [0.1, 0.15) is 0 Å². The fraction of sp³-hybridized carbons (Fsp3) is 0. The minimum Gasteiger partial charge on any atom is -0.508 e. The number of nitrogens with zero attached hydrogens (tertiary/aromatic N) is 3. The van der Waals surface area contributed by atoms with Crippen molar-refractivity contribution in [3.05, 3.63) is 105 Å². The van der Waals surface area contributed by atoms with Gasteiger partial charge in [0.15, 0.2) is 0 Å². The Morgan fingerprint density at radius 2 is 1.10 bits per heavy atom. The van der Waals surface area contributed by atoms with Crippen molar-refractivity contribution in [2.75, 3.05) is 0 Å². The number of hydrogen-bond acceptors (Lipinski definition) is 6. The summed E-state index contributed by atoms with van der Waals surface area (Å²) in [7, 11) is 0. The maximum absolute atomic E-state index is 11.0. The monoisotopic (exact) mass is 413 g/mol. The molecule has 0 atom stereocenters. The largest absolute Gasteiger partial charge is 0.508 e. The summed E-state index contributed by atoms with van der Waals surface area (Å²) in [5.74, 6) is 0.114. The van der Waals surface area contributed by atoms with Crippen molar-refractivity contribution in [3.8, 4) is 39.4 Å². The van der Waals surface area contributed by atoms with Crippen LogP contribution in [-0.2, 0) is 0 Å². The Morgan fingerprint density at radius 3 is 1.52 bits per heavy atom. The molecule has 0 bridgehead atoms. The molecule has 0 aliphatic carbocycles. The van der Waals surface area contributed by atoms with Gasteiger partial charge in [0.05, 0.1) is 21.2 Å². The molecule has 0 amide bonds. The molecule has 8 nitrogen and oxygen atoms in total. The van der Waals surface area contributed by atoms with Crippen LogP contribution in [0.2, 0.25) is 0 Å². The van der Waals surface area contributed by atoms with Crippen molar-refractivity contribution in [2.24, 2.45) is 0 Å². The molecule has 4 aromatic rings. The zero-order valence-electron chi connectivity index (χ0n) is 16.0. The minimum absolute atomic E-state index is 0.0246. The van der Waals surface area contributed by atoms with Gasteiger partial charge in [0, 0.05) is 35.4 Å². The predicted molar refractivity (Wildman–Crippen MR) is 116 cm³/mol. The molecule has 3 aromatic carbocycles. The number of aromatic hydroxyl groups is 1. The Balaban J connectivity index is 1.86. The summed E-state index contributed by atoms with van der Waals surface area (Å²) < 4.78 is 0. The molecule has 0 saturated carbocycles. The van der Waals surface area contributed by atoms with Crippen LogP contribution in [0.5, 0.6) is 5.75 Å². The molecule has 31 heavy (non-hydrogen) atoms. The second-order valence-corrected chi connectivity index (χ2v) is 6.78. The van der Waals surface area contributed by atoms with Crippen LogP contribution < -0.4 is 0 Å². The zero-order valence-corrected chi connectivity index (χ0v) is 16.0. The topological polar surface area (TPSA) is 119 Å². The van der Waals surface area contributed by atoms with Crippen LogP contribution in [0.4, 0.5) is 11.4 Å². The SMILES string of the molecule is O=[N+]([O-])c1ccc(-c2cc(-c3cccc(O)c3)cc(-c3ccc([N+](=O)[O-])cc3)n2)cc1. The summed E-state index contributed by atoms with van der Waals surface area (Å²) in [6.07, 6.45) is 0. The number of nitro benzene ring substituents is 2. The van der Waals surface area contributed by atoms with E-state index in [4.69, 9.17) is 0 Å². The van der Waals surface area contributed by atoms with Crippen molar-refractivity contribution in [1.82, 2.24) is 4.98 Å². The van der Waals surface area contributed by atoms with Crippen molar-refractivity contribution in [1.29, 1.82) is 0 Å². The van der Waals surface area contributed by atoms with Gasteiger partial charge in [0.2, 0.25) is 0 Å². The summed E-state index contributed by atoms with van der Waals surface area (Å²) in [5, 5.41) is 31.8. The first-order valence-electron chi connectivity index (χ1n) is 9.22. The highest BCUT2D eigenvalue weighted by atomic mass is 16.6. The van der Waals surface area contributed by atoms with Gasteiger partial charge >= 0.3 is 0 Å². The maximum Gasteiger partial charge on any atom is 0.269 e. The van der Waals surface area contributed by atoms with Crippen molar-refractivity contribution in [3.63, 3.8) is 0 Å². The highest BCUT2D eigenvalue weighted by molar-refractivity contribution is 5.77. The fourth-order valence-electron chi connectivity index (χ4n) is 3.19. The molecule has 0 radical (unpaired) electrons. The second-order valence-electron chi connectivity index (χ2n) is 6.78. The number of pyridine rings is 1. The Labute approximate surface area is 176 Å². The van der Waals surface area contributed by atoms with E-state index < -0.39 is 9.85 Å². The fourth-order valence-corrected chi connectivity index (χ4v) is 3.19. The molecule has 0 aliphatic heterocycles. The van der Waals surface area contributed by atoms with E-state index in [0.717, 1.165) is 11.1 Å². The lowest BCUT2D eigenvalue weighted by Crippen LogP contribution is -1.93. The maximum atomic E-state index is 11.0. The summed E-state index contributed by atoms with van der Waals surface area (Å²) in [4.78, 5) is 25.6. The van der Waals surface area contributed by atoms with Crippen molar-refractivity contribution < 1.29 is 15.0 Å². The van der Waals surface area contributed by atoms with Gasteiger partial charge in [-0.25, -0.2) is 4.98 Å². The van der Waals surface area contributed by atoms with Gasteiger partial charge in [-0.3, -0.25) is 20.2 Å². The third-order valence-electron chi connectivity index (χ3n) is 4.75. The Morgan fingerprint density at radius 1 is 0.613 bits per heavy atom. The molecule has 8 heteroatoms. The molecule has 0 aliphatic rings. The van der Waals surface area contributed by atoms with Crippen LogP contribution >= 0.6 is 0 Å². The standard InChI is InChI=1S/C23H15N3O5/c27-21-3-1-2-17(12-21)18-13-22(15-4-8-19(9-5-15)25(28)29)24-23(14-18)16-6-10-20(11-7-16)26(30)31/h1-14,27H. The van der Waals surface area contributed by atoms with E-state index >= 15 is 0 Å². The summed E-state index contributed by atoms with van der Waals surface area (Å²) in [6, 6.07) is 22.5. The van der Waals surface area contributed by atoms with E-state index in [1.807, 2.05) is 18.2 Å². The van der Waals surface area contributed by atoms with E-state index in [2.05, 4.69) is 4.98 Å². The number of phenols is 1. The van der Waals surface area contributed by atoms with Gasteiger partial charge in [0.1, 0.15) is 5.75 Å². The van der Waals surface area contributed by atoms with E-state index in [1.165, 1.54) is 24.3 Å². The first-order chi connectivity index (χ1) is 14.9. The number of aromatic nitrogens is 1. The Kier molecular flexibility index (Phi) is 5.11. The quantitative estimate of drug-likeness (QED) is 0.336. The third-order valence-corrected chi connectivity index (χ3v) is 4.75. The van der Waals surface area contributed by atoms with Gasteiger partial charge in [-0.2, -0.15) is 0 Å². The average molecular weight is 413 g/mol. The number of nitro groups is 2. The number of non-ortho nitro benzene ring substituents is 2. The van der Waals surface area contributed by atoms with Crippen LogP contribution in [-0.4, -0.2) is 19.9 Å². The molecule has 1 heterocycles. The molecule has 0 saturated heterocycles. The average Bonchev–Trinajstić information content (AvgIpc) is 2.79. The van der Waals surface area contributed by atoms with Crippen LogP contribution in [0.15, 0.2) is 84.9 Å². The van der Waals surface area contributed by atoms with E-state index in [1.54, 1.807) is 42.5 Å². The van der Waals surface area contributed by atoms with Gasteiger partial charge in [0.25, 0.3) is 11.4 Å². The highest BCUT2D eigenvalue weighted by Crippen LogP contribution is 2.32. The summed E-state index contributed by atoms with van der Waals surface area (Å²) >= 11 is 0. The molecule has 0 unspecified atom stereocenters. The van der Waals surface area contributed by atoms with Crippen LogP contribution in [0, 0.1) is 20.2 Å². The molecule has 4 rings (SSSR count). The minimum atomic E-state index is -0.470. The Bertz CT molecular complexity index is 1210. The number of hydrogen-bond donors (Lipinski definition) is 1. The van der Waals surface area contributed by atoms with Crippen LogP contribution in [0.25, 0.3) is 33.6 Å². The van der Waals surface area contributed by atoms with Gasteiger partial charge < -0.3 is 5.11 Å². The predicted octanol–water partition coefficient (Wildman–Crippen LogP) is 5.60. The van der Waals surface area contributed by atoms with Gasteiger partial charge in [-0.05, 0) is 59.7 Å². The first kappa shape index (κ1) is 19.7. The highest BCUT2D eigenvalue weighted by Gasteiger charge is 2.12. The molecule has 0 fully saturated rings. The van der Waals surface area contributed by atoms with E-state index in [9.17, 15) is 25.3 Å². The second kappa shape index (κ2) is 8.03. The lowest BCUT2D eigenvalue weighted by atomic mass is 9.99. The van der Waals surface area contributed by atoms with Gasteiger partial charge in [-0.15, -0.1) is 0 Å². The molecule has 0 spiro atoms. The summed E-state index contributed by atoms with van der Waals surface area (Å²) in [6.45, 7) is 0. The van der Waals surface area contributed by atoms with Crippen LogP contribution in [0.3, 0.4) is 0 Å². The van der Waals surface area contributed by atoms with E-state index in [0.29, 0.717) is 22.5 Å². The molecular formula is C23H15N3O5.